The second kappa shape index (κ2) is 4.14. The van der Waals surface area contributed by atoms with Crippen LogP contribution in [0, 0.1) is 0 Å². The molecule has 0 amide bonds. The Hall–Kier alpha value is -2.36. The van der Waals surface area contributed by atoms with Gasteiger partial charge < -0.3 is 20.1 Å². The highest BCUT2D eigenvalue weighted by molar-refractivity contribution is 5.68. The van der Waals surface area contributed by atoms with Crippen LogP contribution < -0.4 is 20.1 Å². The molecular formula is C14H14N2O2. The average molecular weight is 242 g/mol. The van der Waals surface area contributed by atoms with Crippen molar-refractivity contribution in [1.29, 1.82) is 0 Å². The third-order valence-electron chi connectivity index (χ3n) is 3.00. The summed E-state index contributed by atoms with van der Waals surface area (Å²) in [4.78, 5) is 2.05. The number of rotatable bonds is 2. The molecule has 0 aromatic heterocycles. The van der Waals surface area contributed by atoms with E-state index in [1.165, 1.54) is 0 Å². The summed E-state index contributed by atoms with van der Waals surface area (Å²) < 4.78 is 10.7. The normalized spacial score (nSPS) is 12.5. The fourth-order valence-electron chi connectivity index (χ4n) is 1.98. The molecule has 1 aliphatic heterocycles. The Kier molecular flexibility index (Phi) is 2.48. The van der Waals surface area contributed by atoms with Crippen molar-refractivity contribution in [3.05, 3.63) is 42.5 Å². The van der Waals surface area contributed by atoms with Gasteiger partial charge in [-0.2, -0.15) is 0 Å². The fraction of sp³-hybridized carbons (Fsp3) is 0.143. The lowest BCUT2D eigenvalue weighted by Crippen LogP contribution is -2.09. The fourth-order valence-corrected chi connectivity index (χ4v) is 1.98. The number of benzene rings is 2. The summed E-state index contributed by atoms with van der Waals surface area (Å²) in [6.45, 7) is 0.292. The first-order chi connectivity index (χ1) is 8.74. The molecular weight excluding hydrogens is 228 g/mol. The highest BCUT2D eigenvalue weighted by Gasteiger charge is 2.15. The SMILES string of the molecule is CN(c1cccc(N)c1)c1ccc2c(c1)OCO2. The molecule has 1 aliphatic rings. The van der Waals surface area contributed by atoms with Crippen molar-refractivity contribution in [2.24, 2.45) is 0 Å². The number of hydrogen-bond acceptors (Lipinski definition) is 4. The van der Waals surface area contributed by atoms with Gasteiger partial charge in [0, 0.05) is 30.2 Å². The first kappa shape index (κ1) is 10.8. The molecule has 1 heterocycles. The Morgan fingerprint density at radius 3 is 2.61 bits per heavy atom. The predicted molar refractivity (Wildman–Crippen MR) is 71.5 cm³/mol. The molecule has 18 heavy (non-hydrogen) atoms. The van der Waals surface area contributed by atoms with Crippen LogP contribution in [0.1, 0.15) is 0 Å². The van der Waals surface area contributed by atoms with Crippen LogP contribution >= 0.6 is 0 Å². The molecule has 0 saturated heterocycles. The van der Waals surface area contributed by atoms with Crippen LogP contribution in [0.3, 0.4) is 0 Å². The predicted octanol–water partition coefficient (Wildman–Crippen LogP) is 2.77. The van der Waals surface area contributed by atoms with E-state index in [9.17, 15) is 0 Å². The van der Waals surface area contributed by atoms with Crippen LogP contribution in [0.5, 0.6) is 11.5 Å². The minimum absolute atomic E-state index is 0.292. The number of fused-ring (bicyclic) bond motifs is 1. The van der Waals surface area contributed by atoms with Gasteiger partial charge in [0.15, 0.2) is 11.5 Å². The van der Waals surface area contributed by atoms with E-state index in [0.29, 0.717) is 6.79 Å². The van der Waals surface area contributed by atoms with E-state index in [1.54, 1.807) is 0 Å². The second-order valence-electron chi connectivity index (χ2n) is 4.19. The molecule has 0 bridgehead atoms. The molecule has 0 atom stereocenters. The Balaban J connectivity index is 1.95. The molecule has 2 aromatic carbocycles. The molecule has 0 unspecified atom stereocenters. The van der Waals surface area contributed by atoms with E-state index in [4.69, 9.17) is 15.2 Å². The number of nitrogens with zero attached hydrogens (tertiary/aromatic N) is 1. The van der Waals surface area contributed by atoms with Crippen LogP contribution in [-0.2, 0) is 0 Å². The Morgan fingerprint density at radius 1 is 1.00 bits per heavy atom. The molecule has 4 nitrogen and oxygen atoms in total. The van der Waals surface area contributed by atoms with Crippen molar-refractivity contribution >= 4 is 17.1 Å². The number of nitrogens with two attached hydrogens (primary N) is 1. The maximum Gasteiger partial charge on any atom is 0.231 e. The molecule has 92 valence electrons. The molecule has 0 saturated carbocycles. The summed E-state index contributed by atoms with van der Waals surface area (Å²) >= 11 is 0. The van der Waals surface area contributed by atoms with E-state index < -0.39 is 0 Å². The molecule has 0 spiro atoms. The van der Waals surface area contributed by atoms with Gasteiger partial charge in [-0.05, 0) is 30.3 Å². The van der Waals surface area contributed by atoms with Crippen molar-refractivity contribution in [3.8, 4) is 11.5 Å². The second-order valence-corrected chi connectivity index (χ2v) is 4.19. The molecule has 4 heteroatoms. The van der Waals surface area contributed by atoms with Crippen molar-refractivity contribution in [2.45, 2.75) is 0 Å². The van der Waals surface area contributed by atoms with Crippen molar-refractivity contribution in [3.63, 3.8) is 0 Å². The van der Waals surface area contributed by atoms with Gasteiger partial charge in [0.05, 0.1) is 0 Å². The van der Waals surface area contributed by atoms with Crippen LogP contribution in [-0.4, -0.2) is 13.8 Å². The summed E-state index contributed by atoms with van der Waals surface area (Å²) in [5, 5.41) is 0. The van der Waals surface area contributed by atoms with Crippen LogP contribution in [0.15, 0.2) is 42.5 Å². The van der Waals surface area contributed by atoms with Gasteiger partial charge in [0.2, 0.25) is 6.79 Å². The topological polar surface area (TPSA) is 47.7 Å². The summed E-state index contributed by atoms with van der Waals surface area (Å²) in [7, 11) is 1.99. The van der Waals surface area contributed by atoms with Crippen LogP contribution in [0.2, 0.25) is 0 Å². The van der Waals surface area contributed by atoms with Gasteiger partial charge >= 0.3 is 0 Å². The zero-order chi connectivity index (χ0) is 12.5. The van der Waals surface area contributed by atoms with Crippen molar-refractivity contribution in [2.75, 3.05) is 24.5 Å². The van der Waals surface area contributed by atoms with Gasteiger partial charge in [-0.15, -0.1) is 0 Å². The molecule has 0 radical (unpaired) electrons. The standard InChI is InChI=1S/C14H14N2O2/c1-16(11-4-2-3-10(15)7-11)12-5-6-13-14(8-12)18-9-17-13/h2-8H,9,15H2,1H3. The van der Waals surface area contributed by atoms with Crippen LogP contribution in [0.4, 0.5) is 17.1 Å². The summed E-state index contributed by atoms with van der Waals surface area (Å²) in [5.74, 6) is 1.57. The molecule has 0 aliphatic carbocycles. The van der Waals surface area contributed by atoms with Gasteiger partial charge in [-0.1, -0.05) is 6.07 Å². The van der Waals surface area contributed by atoms with Crippen LogP contribution in [0.25, 0.3) is 0 Å². The highest BCUT2D eigenvalue weighted by Crippen LogP contribution is 2.37. The zero-order valence-electron chi connectivity index (χ0n) is 10.1. The third kappa shape index (κ3) is 1.82. The monoisotopic (exact) mass is 242 g/mol. The Bertz CT molecular complexity index is 584. The molecule has 0 fully saturated rings. The van der Waals surface area contributed by atoms with Crippen molar-refractivity contribution < 1.29 is 9.47 Å². The van der Waals surface area contributed by atoms with Gasteiger partial charge in [0.25, 0.3) is 0 Å². The maximum absolute atomic E-state index is 5.79. The summed E-state index contributed by atoms with van der Waals surface area (Å²) in [6, 6.07) is 13.6. The summed E-state index contributed by atoms with van der Waals surface area (Å²) in [5.41, 5.74) is 8.61. The largest absolute Gasteiger partial charge is 0.454 e. The van der Waals surface area contributed by atoms with Gasteiger partial charge in [-0.25, -0.2) is 0 Å². The zero-order valence-corrected chi connectivity index (χ0v) is 10.1. The van der Waals surface area contributed by atoms with Gasteiger partial charge in [0.1, 0.15) is 0 Å². The number of ether oxygens (including phenoxy) is 2. The van der Waals surface area contributed by atoms with Gasteiger partial charge in [-0.3, -0.25) is 0 Å². The average Bonchev–Trinajstić information content (AvgIpc) is 2.85. The highest BCUT2D eigenvalue weighted by atomic mass is 16.7. The lowest BCUT2D eigenvalue weighted by Gasteiger charge is -2.20. The first-order valence-electron chi connectivity index (χ1n) is 5.73. The molecule has 3 rings (SSSR count). The Labute approximate surface area is 106 Å². The summed E-state index contributed by atoms with van der Waals surface area (Å²) in [6.07, 6.45) is 0. The smallest absolute Gasteiger partial charge is 0.231 e. The number of nitrogen functional groups attached to an aromatic ring is 1. The van der Waals surface area contributed by atoms with E-state index in [-0.39, 0.29) is 0 Å². The third-order valence-corrected chi connectivity index (χ3v) is 3.00. The van der Waals surface area contributed by atoms with E-state index in [0.717, 1.165) is 28.6 Å². The minimum Gasteiger partial charge on any atom is -0.454 e. The first-order valence-corrected chi connectivity index (χ1v) is 5.73. The molecule has 2 aromatic rings. The lowest BCUT2D eigenvalue weighted by atomic mass is 10.2. The van der Waals surface area contributed by atoms with E-state index in [2.05, 4.69) is 4.90 Å². The quantitative estimate of drug-likeness (QED) is 0.823. The maximum atomic E-state index is 5.79. The van der Waals surface area contributed by atoms with E-state index in [1.807, 2.05) is 49.5 Å². The lowest BCUT2D eigenvalue weighted by molar-refractivity contribution is 0.174. The minimum atomic E-state index is 0.292. The van der Waals surface area contributed by atoms with Crippen molar-refractivity contribution in [1.82, 2.24) is 0 Å². The molecule has 2 N–H and O–H groups in total. The number of hydrogen-bond donors (Lipinski definition) is 1. The van der Waals surface area contributed by atoms with E-state index >= 15 is 0 Å². The number of anilines is 3. The Morgan fingerprint density at radius 2 is 1.78 bits per heavy atom.